The molecule has 0 saturated heterocycles. The van der Waals surface area contributed by atoms with Gasteiger partial charge in [0.2, 0.25) is 0 Å². The predicted octanol–water partition coefficient (Wildman–Crippen LogP) is 4.08. The highest BCUT2D eigenvalue weighted by molar-refractivity contribution is 14.0. The van der Waals surface area contributed by atoms with Crippen molar-refractivity contribution in [1.29, 1.82) is 0 Å². The molecule has 0 aliphatic rings. The first-order valence-electron chi connectivity index (χ1n) is 7.95. The number of halogens is 2. The summed E-state index contributed by atoms with van der Waals surface area (Å²) in [4.78, 5) is 4.22. The first-order valence-corrected chi connectivity index (χ1v) is 8.33. The maximum Gasteiger partial charge on any atom is 0.191 e. The Morgan fingerprint density at radius 2 is 2.00 bits per heavy atom. The lowest BCUT2D eigenvalue weighted by atomic mass is 10.1. The van der Waals surface area contributed by atoms with Gasteiger partial charge in [-0.05, 0) is 37.0 Å². The fourth-order valence-electron chi connectivity index (χ4n) is 2.05. The molecular weight excluding hydrogens is 441 g/mol. The Bertz CT molecular complexity index is 525. The Morgan fingerprint density at radius 1 is 1.29 bits per heavy atom. The maximum atomic E-state index is 6.28. The Morgan fingerprint density at radius 3 is 2.54 bits per heavy atom. The molecule has 1 rings (SSSR count). The fraction of sp³-hybridized carbons (Fsp3) is 0.588. The zero-order valence-electron chi connectivity index (χ0n) is 15.1. The smallest absolute Gasteiger partial charge is 0.191 e. The number of methoxy groups -OCH3 is 1. The van der Waals surface area contributed by atoms with Gasteiger partial charge in [-0.3, -0.25) is 4.99 Å². The topological polar surface area (TPSA) is 54.9 Å². The van der Waals surface area contributed by atoms with Crippen molar-refractivity contribution < 1.29 is 9.47 Å². The van der Waals surface area contributed by atoms with E-state index < -0.39 is 0 Å². The van der Waals surface area contributed by atoms with Crippen molar-refractivity contribution in [2.45, 2.75) is 33.7 Å². The van der Waals surface area contributed by atoms with Gasteiger partial charge in [-0.15, -0.1) is 24.0 Å². The zero-order chi connectivity index (χ0) is 17.2. The van der Waals surface area contributed by atoms with Gasteiger partial charge in [0.25, 0.3) is 0 Å². The molecule has 5 nitrogen and oxygen atoms in total. The van der Waals surface area contributed by atoms with Crippen LogP contribution >= 0.6 is 35.6 Å². The quantitative estimate of drug-likeness (QED) is 0.342. The van der Waals surface area contributed by atoms with Crippen LogP contribution in [0.3, 0.4) is 0 Å². The number of benzene rings is 1. The van der Waals surface area contributed by atoms with Crippen LogP contribution in [-0.2, 0) is 6.54 Å². The molecule has 0 fully saturated rings. The summed E-state index contributed by atoms with van der Waals surface area (Å²) < 4.78 is 10.9. The number of ether oxygens (including phenoxy) is 2. The molecular formula is C17H29ClIN3O2. The monoisotopic (exact) mass is 469 g/mol. The van der Waals surface area contributed by atoms with E-state index in [1.54, 1.807) is 14.2 Å². The number of aliphatic imine (C=N–C) groups is 1. The van der Waals surface area contributed by atoms with Crippen molar-refractivity contribution in [3.63, 3.8) is 0 Å². The molecule has 2 N–H and O–H groups in total. The van der Waals surface area contributed by atoms with Crippen LogP contribution < -0.4 is 20.1 Å². The molecule has 1 aromatic carbocycles. The lowest BCUT2D eigenvalue weighted by Gasteiger charge is -2.15. The summed E-state index contributed by atoms with van der Waals surface area (Å²) in [5.41, 5.74) is 1.00. The molecule has 0 aromatic heterocycles. The van der Waals surface area contributed by atoms with Crippen LogP contribution in [-0.4, -0.2) is 33.3 Å². The highest BCUT2D eigenvalue weighted by atomic mass is 127. The van der Waals surface area contributed by atoms with Gasteiger partial charge in [0.1, 0.15) is 0 Å². The number of rotatable bonds is 8. The number of nitrogens with one attached hydrogen (secondary N) is 2. The molecule has 0 atom stereocenters. The van der Waals surface area contributed by atoms with Crippen molar-refractivity contribution in [1.82, 2.24) is 10.6 Å². The van der Waals surface area contributed by atoms with Crippen LogP contribution in [0.15, 0.2) is 17.1 Å². The maximum absolute atomic E-state index is 6.28. The van der Waals surface area contributed by atoms with E-state index in [0.717, 1.165) is 24.5 Å². The number of hydrogen-bond donors (Lipinski definition) is 2. The third-order valence-corrected chi connectivity index (χ3v) is 3.56. The fourth-order valence-corrected chi connectivity index (χ4v) is 2.33. The zero-order valence-corrected chi connectivity index (χ0v) is 18.2. The van der Waals surface area contributed by atoms with Crippen LogP contribution in [0.4, 0.5) is 0 Å². The van der Waals surface area contributed by atoms with E-state index in [1.807, 2.05) is 19.1 Å². The van der Waals surface area contributed by atoms with Crippen molar-refractivity contribution in [3.05, 3.63) is 22.7 Å². The molecule has 7 heteroatoms. The lowest BCUT2D eigenvalue weighted by molar-refractivity contribution is 0.311. The molecule has 1 aromatic rings. The van der Waals surface area contributed by atoms with E-state index in [1.165, 1.54) is 0 Å². The summed E-state index contributed by atoms with van der Waals surface area (Å²) in [7, 11) is 3.37. The highest BCUT2D eigenvalue weighted by Crippen LogP contribution is 2.36. The van der Waals surface area contributed by atoms with Gasteiger partial charge in [0.15, 0.2) is 17.5 Å². The second kappa shape index (κ2) is 12.5. The average Bonchev–Trinajstić information content (AvgIpc) is 2.52. The molecule has 0 radical (unpaired) electrons. The summed E-state index contributed by atoms with van der Waals surface area (Å²) in [6.45, 7) is 8.35. The van der Waals surface area contributed by atoms with Gasteiger partial charge in [0, 0.05) is 20.1 Å². The van der Waals surface area contributed by atoms with Crippen molar-refractivity contribution in [2.75, 3.05) is 27.3 Å². The second-order valence-corrected chi connectivity index (χ2v) is 5.98. The summed E-state index contributed by atoms with van der Waals surface area (Å²) in [5.74, 6) is 2.66. The Kier molecular flexibility index (Phi) is 12.0. The normalized spacial score (nSPS) is 11.0. The number of nitrogens with zero attached hydrogens (tertiary/aromatic N) is 1. The molecule has 0 saturated carbocycles. The third kappa shape index (κ3) is 7.79. The van der Waals surface area contributed by atoms with Crippen LogP contribution in [0.25, 0.3) is 0 Å². The Labute approximate surface area is 167 Å². The van der Waals surface area contributed by atoms with E-state index in [-0.39, 0.29) is 24.0 Å². The van der Waals surface area contributed by atoms with Crippen LogP contribution in [0.1, 0.15) is 32.8 Å². The van der Waals surface area contributed by atoms with Gasteiger partial charge in [-0.1, -0.05) is 25.4 Å². The first kappa shape index (κ1) is 23.1. The van der Waals surface area contributed by atoms with Crippen LogP contribution in [0.5, 0.6) is 11.5 Å². The Hall–Kier alpha value is -0.890. The summed E-state index contributed by atoms with van der Waals surface area (Å²) in [5, 5.41) is 7.12. The first-order chi connectivity index (χ1) is 11.0. The van der Waals surface area contributed by atoms with Gasteiger partial charge in [-0.2, -0.15) is 0 Å². The minimum absolute atomic E-state index is 0. The molecule has 0 unspecified atom stereocenters. The van der Waals surface area contributed by atoms with E-state index in [4.69, 9.17) is 21.1 Å². The van der Waals surface area contributed by atoms with Gasteiger partial charge in [-0.25, -0.2) is 0 Å². The second-order valence-electron chi connectivity index (χ2n) is 5.58. The largest absolute Gasteiger partial charge is 0.493 e. The van der Waals surface area contributed by atoms with Gasteiger partial charge in [0.05, 0.1) is 18.7 Å². The standard InChI is InChI=1S/C17H28ClN3O2.HI/c1-6-23-16-14(18)9-13(10-15(16)22-5)11-21-17(19-4)20-8-7-12(2)3;/h9-10,12H,6-8,11H2,1-5H3,(H2,19,20,21);1H. The van der Waals surface area contributed by atoms with Crippen LogP contribution in [0, 0.1) is 5.92 Å². The molecule has 138 valence electrons. The summed E-state index contributed by atoms with van der Waals surface area (Å²) in [6.07, 6.45) is 1.10. The van der Waals surface area contributed by atoms with Gasteiger partial charge >= 0.3 is 0 Å². The summed E-state index contributed by atoms with van der Waals surface area (Å²) in [6, 6.07) is 3.80. The third-order valence-electron chi connectivity index (χ3n) is 3.28. The van der Waals surface area contributed by atoms with E-state index in [2.05, 4.69) is 29.5 Å². The molecule has 0 amide bonds. The molecule has 0 aliphatic carbocycles. The number of hydrogen-bond acceptors (Lipinski definition) is 3. The minimum Gasteiger partial charge on any atom is -0.493 e. The van der Waals surface area contributed by atoms with Crippen molar-refractivity contribution in [2.24, 2.45) is 10.9 Å². The average molecular weight is 470 g/mol. The molecule has 0 spiro atoms. The Balaban J connectivity index is 0.00000529. The summed E-state index contributed by atoms with van der Waals surface area (Å²) >= 11 is 6.28. The predicted molar refractivity (Wildman–Crippen MR) is 112 cm³/mol. The van der Waals surface area contributed by atoms with E-state index >= 15 is 0 Å². The lowest BCUT2D eigenvalue weighted by Crippen LogP contribution is -2.37. The molecule has 0 aliphatic heterocycles. The van der Waals surface area contributed by atoms with Gasteiger partial charge < -0.3 is 20.1 Å². The van der Waals surface area contributed by atoms with Crippen LogP contribution in [0.2, 0.25) is 5.02 Å². The minimum atomic E-state index is 0. The molecule has 0 heterocycles. The SMILES string of the molecule is CCOc1c(Cl)cc(CNC(=NC)NCCC(C)C)cc1OC.I. The molecule has 24 heavy (non-hydrogen) atoms. The highest BCUT2D eigenvalue weighted by Gasteiger charge is 2.11. The van der Waals surface area contributed by atoms with Crippen molar-refractivity contribution >= 4 is 41.5 Å². The number of guanidine groups is 1. The van der Waals surface area contributed by atoms with Crippen molar-refractivity contribution in [3.8, 4) is 11.5 Å². The van der Waals surface area contributed by atoms with E-state index in [0.29, 0.717) is 35.6 Å². The van der Waals surface area contributed by atoms with E-state index in [9.17, 15) is 0 Å². The molecule has 0 bridgehead atoms.